The number of carbonyl (C=O) groups is 1. The lowest BCUT2D eigenvalue weighted by atomic mass is 10.2. The molecule has 1 N–H and O–H groups in total. The number of para-hydroxylation sites is 2. The first-order valence-corrected chi connectivity index (χ1v) is 12.4. The van der Waals surface area contributed by atoms with Crippen LogP contribution in [-0.4, -0.2) is 25.6 Å². The predicted molar refractivity (Wildman–Crippen MR) is 131 cm³/mol. The summed E-state index contributed by atoms with van der Waals surface area (Å²) in [5.74, 6) is 0.181. The largest absolute Gasteiger partial charge is 0.467 e. The van der Waals surface area contributed by atoms with Gasteiger partial charge in [0.25, 0.3) is 11.2 Å². The fraction of sp³-hybridized carbons (Fsp3) is 0.261. The van der Waals surface area contributed by atoms with Crippen LogP contribution in [0, 0.1) is 10.1 Å². The molecule has 3 heterocycles. The molecule has 34 heavy (non-hydrogen) atoms. The Morgan fingerprint density at radius 2 is 2.15 bits per heavy atom. The number of nitro benzene ring substituents is 1. The van der Waals surface area contributed by atoms with Crippen LogP contribution < -0.4 is 10.9 Å². The summed E-state index contributed by atoms with van der Waals surface area (Å²) < 4.78 is 7.01. The Morgan fingerprint density at radius 1 is 1.32 bits per heavy atom. The Bertz CT molecular complexity index is 1460. The summed E-state index contributed by atoms with van der Waals surface area (Å²) in [6.45, 7) is 1.87. The van der Waals surface area contributed by atoms with Crippen molar-refractivity contribution >= 4 is 50.6 Å². The average Bonchev–Trinajstić information content (AvgIpc) is 3.54. The molecular weight excluding hydrogens is 476 g/mol. The van der Waals surface area contributed by atoms with Crippen molar-refractivity contribution < 1.29 is 14.1 Å². The highest BCUT2D eigenvalue weighted by atomic mass is 32.2. The highest BCUT2D eigenvalue weighted by molar-refractivity contribution is 8.00. The van der Waals surface area contributed by atoms with E-state index >= 15 is 0 Å². The first-order chi connectivity index (χ1) is 16.4. The second-order valence-corrected chi connectivity index (χ2v) is 10.3. The van der Waals surface area contributed by atoms with Gasteiger partial charge in [-0.3, -0.25) is 24.3 Å². The maximum absolute atomic E-state index is 13.6. The minimum absolute atomic E-state index is 0.121. The van der Waals surface area contributed by atoms with E-state index in [-0.39, 0.29) is 23.5 Å². The smallest absolute Gasteiger partial charge is 0.292 e. The molecule has 0 radical (unpaired) electrons. The van der Waals surface area contributed by atoms with Gasteiger partial charge in [0.15, 0.2) is 5.16 Å². The van der Waals surface area contributed by atoms with E-state index in [1.807, 2.05) is 0 Å². The molecule has 11 heteroatoms. The number of aromatic nitrogens is 2. The van der Waals surface area contributed by atoms with Gasteiger partial charge in [-0.2, -0.15) is 0 Å². The van der Waals surface area contributed by atoms with Crippen LogP contribution in [0.4, 0.5) is 11.4 Å². The summed E-state index contributed by atoms with van der Waals surface area (Å²) in [6.07, 6.45) is 4.40. The number of benzene rings is 1. The summed E-state index contributed by atoms with van der Waals surface area (Å²) in [7, 11) is 0. The highest BCUT2D eigenvalue weighted by Gasteiger charge is 2.26. The van der Waals surface area contributed by atoms with Gasteiger partial charge >= 0.3 is 0 Å². The van der Waals surface area contributed by atoms with Gasteiger partial charge in [-0.15, -0.1) is 11.3 Å². The Hall–Kier alpha value is -3.44. The number of thioether (sulfide) groups is 1. The van der Waals surface area contributed by atoms with Crippen LogP contribution in [0.15, 0.2) is 57.0 Å². The number of anilines is 1. The zero-order valence-electron chi connectivity index (χ0n) is 18.1. The molecule has 5 rings (SSSR count). The summed E-state index contributed by atoms with van der Waals surface area (Å²) in [6, 6.07) is 9.51. The first kappa shape index (κ1) is 22.4. The van der Waals surface area contributed by atoms with Crippen molar-refractivity contribution in [1.29, 1.82) is 0 Å². The number of fused-ring (bicyclic) bond motifs is 3. The monoisotopic (exact) mass is 496 g/mol. The molecule has 1 amide bonds. The lowest BCUT2D eigenvalue weighted by molar-refractivity contribution is -0.383. The second kappa shape index (κ2) is 9.07. The van der Waals surface area contributed by atoms with E-state index in [1.165, 1.54) is 34.4 Å². The van der Waals surface area contributed by atoms with Crippen LogP contribution in [0.2, 0.25) is 0 Å². The molecule has 1 atom stereocenters. The Labute approximate surface area is 202 Å². The van der Waals surface area contributed by atoms with E-state index in [4.69, 9.17) is 9.40 Å². The van der Waals surface area contributed by atoms with Gasteiger partial charge in [-0.05, 0) is 49.9 Å². The maximum Gasteiger partial charge on any atom is 0.292 e. The Kier molecular flexibility index (Phi) is 5.96. The summed E-state index contributed by atoms with van der Waals surface area (Å²) in [5.41, 5.74) is 0.880. The molecule has 0 aliphatic heterocycles. The van der Waals surface area contributed by atoms with E-state index < -0.39 is 16.1 Å². The van der Waals surface area contributed by atoms with Gasteiger partial charge in [0.05, 0.1) is 28.4 Å². The third kappa shape index (κ3) is 4.12. The number of nitrogens with zero attached hydrogens (tertiary/aromatic N) is 3. The second-order valence-electron chi connectivity index (χ2n) is 7.93. The molecule has 1 aliphatic rings. The van der Waals surface area contributed by atoms with E-state index in [9.17, 15) is 19.7 Å². The third-order valence-electron chi connectivity index (χ3n) is 5.69. The molecule has 0 fully saturated rings. The summed E-state index contributed by atoms with van der Waals surface area (Å²) in [5, 5.41) is 14.3. The molecule has 3 aromatic heterocycles. The lowest BCUT2D eigenvalue weighted by Crippen LogP contribution is -2.27. The Balaban J connectivity index is 1.48. The molecule has 1 aromatic carbocycles. The summed E-state index contributed by atoms with van der Waals surface area (Å²) in [4.78, 5) is 43.8. The first-order valence-electron chi connectivity index (χ1n) is 10.7. The van der Waals surface area contributed by atoms with E-state index in [1.54, 1.807) is 36.0 Å². The molecule has 0 saturated heterocycles. The molecule has 1 aliphatic carbocycles. The van der Waals surface area contributed by atoms with Crippen LogP contribution in [-0.2, 0) is 24.2 Å². The average molecular weight is 497 g/mol. The van der Waals surface area contributed by atoms with E-state index in [2.05, 4.69) is 5.32 Å². The number of carbonyl (C=O) groups excluding carboxylic acids is 1. The van der Waals surface area contributed by atoms with Crippen molar-refractivity contribution in [3.63, 3.8) is 0 Å². The number of hydrogen-bond acceptors (Lipinski definition) is 8. The van der Waals surface area contributed by atoms with Gasteiger partial charge in [-0.25, -0.2) is 4.98 Å². The normalized spacial score (nSPS) is 13.7. The van der Waals surface area contributed by atoms with Crippen LogP contribution in [0.25, 0.3) is 10.2 Å². The van der Waals surface area contributed by atoms with Gasteiger partial charge in [-0.1, -0.05) is 23.9 Å². The fourth-order valence-corrected chi connectivity index (χ4v) is 6.24. The zero-order valence-corrected chi connectivity index (χ0v) is 19.8. The van der Waals surface area contributed by atoms with Crippen molar-refractivity contribution in [1.82, 2.24) is 9.55 Å². The van der Waals surface area contributed by atoms with Gasteiger partial charge in [0, 0.05) is 10.9 Å². The molecule has 4 aromatic rings. The number of furan rings is 1. The van der Waals surface area contributed by atoms with Crippen LogP contribution in [0.1, 0.15) is 29.5 Å². The van der Waals surface area contributed by atoms with Gasteiger partial charge < -0.3 is 9.73 Å². The van der Waals surface area contributed by atoms with Crippen molar-refractivity contribution in [3.05, 3.63) is 79.3 Å². The van der Waals surface area contributed by atoms with Crippen LogP contribution in [0.3, 0.4) is 0 Å². The van der Waals surface area contributed by atoms with Crippen molar-refractivity contribution in [3.8, 4) is 0 Å². The fourth-order valence-electron chi connectivity index (χ4n) is 4.03. The number of aryl methyl sites for hydroxylation is 2. The quantitative estimate of drug-likeness (QED) is 0.172. The van der Waals surface area contributed by atoms with E-state index in [0.717, 1.165) is 36.6 Å². The molecule has 1 unspecified atom stereocenters. The minimum atomic E-state index is -0.668. The molecular formula is C23H20N4O5S2. The lowest BCUT2D eigenvalue weighted by Gasteiger charge is -2.15. The molecule has 0 saturated carbocycles. The maximum atomic E-state index is 13.6. The number of nitrogens with one attached hydrogen (secondary N) is 1. The number of thiophene rings is 1. The Morgan fingerprint density at radius 3 is 2.91 bits per heavy atom. The minimum Gasteiger partial charge on any atom is -0.467 e. The SMILES string of the molecule is CC(Sc1nc2sc3c(c2c(=O)n1Cc1ccco1)CCC3)C(=O)Nc1ccccc1[N+](=O)[O-]. The molecule has 174 valence electrons. The number of amides is 1. The number of nitro groups is 1. The zero-order chi connectivity index (χ0) is 23.8. The van der Waals surface area contributed by atoms with Crippen molar-refractivity contribution in [2.75, 3.05) is 5.32 Å². The topological polar surface area (TPSA) is 120 Å². The molecule has 9 nitrogen and oxygen atoms in total. The standard InChI is InChI=1S/C23H20N4O5S2/c1-13(20(28)24-16-8-2-3-9-17(16)27(30)31)33-23-25-21-19(15-7-4-10-18(15)34-21)22(29)26(23)12-14-6-5-11-32-14/h2-3,5-6,8-9,11,13H,4,7,10,12H2,1H3,(H,24,28). The van der Waals surface area contributed by atoms with E-state index in [0.29, 0.717) is 21.1 Å². The number of hydrogen-bond donors (Lipinski definition) is 1. The van der Waals surface area contributed by atoms with Gasteiger partial charge in [0.2, 0.25) is 5.91 Å². The third-order valence-corrected chi connectivity index (χ3v) is 7.97. The van der Waals surface area contributed by atoms with Gasteiger partial charge in [0.1, 0.15) is 16.3 Å². The molecule has 0 spiro atoms. The highest BCUT2D eigenvalue weighted by Crippen LogP contribution is 2.36. The van der Waals surface area contributed by atoms with Crippen LogP contribution in [0.5, 0.6) is 0 Å². The van der Waals surface area contributed by atoms with Crippen molar-refractivity contribution in [2.45, 2.75) is 43.1 Å². The molecule has 0 bridgehead atoms. The summed E-state index contributed by atoms with van der Waals surface area (Å²) >= 11 is 2.68. The van der Waals surface area contributed by atoms with Crippen LogP contribution >= 0.6 is 23.1 Å². The van der Waals surface area contributed by atoms with Crippen molar-refractivity contribution in [2.24, 2.45) is 0 Å². The predicted octanol–water partition coefficient (Wildman–Crippen LogP) is 4.62. The number of rotatable bonds is 7.